The second kappa shape index (κ2) is 5.23. The van der Waals surface area contributed by atoms with E-state index in [-0.39, 0.29) is 5.60 Å². The van der Waals surface area contributed by atoms with Gasteiger partial charge in [0, 0.05) is 17.4 Å². The molecule has 2 aromatic rings. The van der Waals surface area contributed by atoms with Crippen molar-refractivity contribution in [1.29, 1.82) is 0 Å². The van der Waals surface area contributed by atoms with Crippen LogP contribution in [0, 0.1) is 6.92 Å². The minimum Gasteiger partial charge on any atom is -0.367 e. The predicted molar refractivity (Wildman–Crippen MR) is 83.1 cm³/mol. The molecule has 1 atom stereocenters. The third kappa shape index (κ3) is 2.05. The lowest BCUT2D eigenvalue weighted by Gasteiger charge is -2.36. The van der Waals surface area contributed by atoms with E-state index >= 15 is 0 Å². The highest BCUT2D eigenvalue weighted by atomic mass is 16.5. The molecular formula is C17H24N2O. The summed E-state index contributed by atoms with van der Waals surface area (Å²) in [7, 11) is 0. The van der Waals surface area contributed by atoms with Gasteiger partial charge in [0.15, 0.2) is 0 Å². The summed E-state index contributed by atoms with van der Waals surface area (Å²) in [5.74, 6) is 0. The fraction of sp³-hybridized carbons (Fsp3) is 0.529. The highest BCUT2D eigenvalue weighted by Crippen LogP contribution is 2.39. The molecule has 1 aromatic carbocycles. The van der Waals surface area contributed by atoms with Gasteiger partial charge in [0.1, 0.15) is 5.60 Å². The molecule has 0 bridgehead atoms. The van der Waals surface area contributed by atoms with Crippen LogP contribution in [0.3, 0.4) is 0 Å². The van der Waals surface area contributed by atoms with E-state index in [2.05, 4.69) is 54.9 Å². The number of hydrogen-bond acceptors (Lipinski definition) is 2. The Morgan fingerprint density at radius 1 is 1.35 bits per heavy atom. The maximum Gasteiger partial charge on any atom is 0.107 e. The SMILES string of the molecule is CCNCCC1(C)OCCn2c1c(C)c1ccccc12. The lowest BCUT2D eigenvalue weighted by atomic mass is 9.93. The van der Waals surface area contributed by atoms with E-state index in [1.807, 2.05) is 0 Å². The maximum absolute atomic E-state index is 6.19. The molecule has 1 aliphatic rings. The molecule has 3 rings (SSSR count). The van der Waals surface area contributed by atoms with E-state index < -0.39 is 0 Å². The van der Waals surface area contributed by atoms with Crippen LogP contribution in [0.25, 0.3) is 10.9 Å². The standard InChI is InChI=1S/C17H24N2O/c1-4-18-10-9-17(3)16-13(2)14-7-5-6-8-15(14)19(16)11-12-20-17/h5-8,18H,4,9-12H2,1-3H3. The molecule has 1 unspecified atom stereocenters. The number of nitrogens with zero attached hydrogens (tertiary/aromatic N) is 1. The van der Waals surface area contributed by atoms with Crippen LogP contribution in [-0.2, 0) is 16.9 Å². The first-order valence-corrected chi connectivity index (χ1v) is 7.60. The topological polar surface area (TPSA) is 26.2 Å². The Morgan fingerprint density at radius 2 is 2.15 bits per heavy atom. The third-order valence-corrected chi connectivity index (χ3v) is 4.49. The van der Waals surface area contributed by atoms with Gasteiger partial charge in [-0.2, -0.15) is 0 Å². The van der Waals surface area contributed by atoms with Gasteiger partial charge in [-0.3, -0.25) is 0 Å². The quantitative estimate of drug-likeness (QED) is 0.865. The number of aryl methyl sites for hydroxylation is 1. The average molecular weight is 272 g/mol. The number of aromatic nitrogens is 1. The minimum absolute atomic E-state index is 0.177. The van der Waals surface area contributed by atoms with Crippen LogP contribution in [0.4, 0.5) is 0 Å². The summed E-state index contributed by atoms with van der Waals surface area (Å²) < 4.78 is 8.65. The van der Waals surface area contributed by atoms with Gasteiger partial charge in [0.2, 0.25) is 0 Å². The van der Waals surface area contributed by atoms with E-state index in [0.717, 1.165) is 32.7 Å². The van der Waals surface area contributed by atoms with Crippen LogP contribution in [0.15, 0.2) is 24.3 Å². The summed E-state index contributed by atoms with van der Waals surface area (Å²) >= 11 is 0. The third-order valence-electron chi connectivity index (χ3n) is 4.49. The van der Waals surface area contributed by atoms with Crippen LogP contribution < -0.4 is 5.32 Å². The molecule has 108 valence electrons. The van der Waals surface area contributed by atoms with Crippen molar-refractivity contribution in [3.8, 4) is 0 Å². The number of nitrogens with one attached hydrogen (secondary N) is 1. The zero-order chi connectivity index (χ0) is 14.2. The molecule has 3 nitrogen and oxygen atoms in total. The lowest BCUT2D eigenvalue weighted by Crippen LogP contribution is -2.38. The Labute approximate surface area is 120 Å². The van der Waals surface area contributed by atoms with Crippen molar-refractivity contribution in [2.24, 2.45) is 0 Å². The van der Waals surface area contributed by atoms with Crippen LogP contribution in [0.5, 0.6) is 0 Å². The second-order valence-electron chi connectivity index (χ2n) is 5.83. The van der Waals surface area contributed by atoms with Crippen molar-refractivity contribution in [3.05, 3.63) is 35.5 Å². The molecule has 1 aliphatic heterocycles. The lowest BCUT2D eigenvalue weighted by molar-refractivity contribution is -0.0688. The van der Waals surface area contributed by atoms with Gasteiger partial charge < -0.3 is 14.6 Å². The van der Waals surface area contributed by atoms with E-state index in [9.17, 15) is 0 Å². The summed E-state index contributed by atoms with van der Waals surface area (Å²) in [4.78, 5) is 0. The number of rotatable bonds is 4. The van der Waals surface area contributed by atoms with Crippen molar-refractivity contribution < 1.29 is 4.74 Å². The molecule has 0 radical (unpaired) electrons. The Bertz CT molecular complexity index is 617. The minimum atomic E-state index is -0.177. The van der Waals surface area contributed by atoms with Crippen LogP contribution >= 0.6 is 0 Å². The Balaban J connectivity index is 2.08. The van der Waals surface area contributed by atoms with Crippen molar-refractivity contribution in [1.82, 2.24) is 9.88 Å². The van der Waals surface area contributed by atoms with E-state index in [1.54, 1.807) is 0 Å². The summed E-state index contributed by atoms with van der Waals surface area (Å²) in [6.07, 6.45) is 1.01. The zero-order valence-corrected chi connectivity index (χ0v) is 12.7. The fourth-order valence-corrected chi connectivity index (χ4v) is 3.52. The van der Waals surface area contributed by atoms with E-state index in [1.165, 1.54) is 22.2 Å². The molecule has 3 heteroatoms. The Kier molecular flexibility index (Phi) is 3.57. The largest absolute Gasteiger partial charge is 0.367 e. The maximum atomic E-state index is 6.19. The van der Waals surface area contributed by atoms with Crippen molar-refractivity contribution >= 4 is 10.9 Å². The summed E-state index contributed by atoms with van der Waals surface area (Å²) in [5.41, 5.74) is 3.91. The van der Waals surface area contributed by atoms with E-state index in [0.29, 0.717) is 0 Å². The second-order valence-corrected chi connectivity index (χ2v) is 5.83. The van der Waals surface area contributed by atoms with Gasteiger partial charge in [-0.15, -0.1) is 0 Å². The molecule has 0 spiro atoms. The zero-order valence-electron chi connectivity index (χ0n) is 12.7. The van der Waals surface area contributed by atoms with Crippen LogP contribution in [-0.4, -0.2) is 24.3 Å². The van der Waals surface area contributed by atoms with Gasteiger partial charge in [-0.05, 0) is 45.0 Å². The Morgan fingerprint density at radius 3 is 2.95 bits per heavy atom. The smallest absolute Gasteiger partial charge is 0.107 e. The van der Waals surface area contributed by atoms with Crippen LogP contribution in [0.1, 0.15) is 31.5 Å². The summed E-state index contributed by atoms with van der Waals surface area (Å²) in [6.45, 7) is 10.4. The molecule has 20 heavy (non-hydrogen) atoms. The van der Waals surface area contributed by atoms with Crippen molar-refractivity contribution in [2.75, 3.05) is 19.7 Å². The number of fused-ring (bicyclic) bond motifs is 3. The average Bonchev–Trinajstić information content (AvgIpc) is 2.75. The molecule has 0 amide bonds. The van der Waals surface area contributed by atoms with Gasteiger partial charge in [-0.25, -0.2) is 0 Å². The number of benzene rings is 1. The monoisotopic (exact) mass is 272 g/mol. The molecule has 2 heterocycles. The summed E-state index contributed by atoms with van der Waals surface area (Å²) in [6, 6.07) is 8.70. The van der Waals surface area contributed by atoms with Crippen molar-refractivity contribution in [3.63, 3.8) is 0 Å². The van der Waals surface area contributed by atoms with Gasteiger partial charge >= 0.3 is 0 Å². The summed E-state index contributed by atoms with van der Waals surface area (Å²) in [5, 5.41) is 4.78. The fourth-order valence-electron chi connectivity index (χ4n) is 3.52. The first kappa shape index (κ1) is 13.7. The first-order chi connectivity index (χ1) is 9.67. The normalized spacial score (nSPS) is 22.1. The van der Waals surface area contributed by atoms with Gasteiger partial charge in [0.05, 0.1) is 12.3 Å². The molecule has 0 saturated carbocycles. The first-order valence-electron chi connectivity index (χ1n) is 7.60. The highest BCUT2D eigenvalue weighted by molar-refractivity contribution is 5.85. The molecular weight excluding hydrogens is 248 g/mol. The number of para-hydroxylation sites is 1. The number of ether oxygens (including phenoxy) is 1. The molecule has 1 N–H and O–H groups in total. The predicted octanol–water partition coefficient (Wildman–Crippen LogP) is 3.19. The number of hydrogen-bond donors (Lipinski definition) is 1. The van der Waals surface area contributed by atoms with Crippen molar-refractivity contribution in [2.45, 2.75) is 39.3 Å². The van der Waals surface area contributed by atoms with E-state index in [4.69, 9.17) is 4.74 Å². The molecule has 1 aromatic heterocycles. The van der Waals surface area contributed by atoms with Gasteiger partial charge in [-0.1, -0.05) is 25.1 Å². The van der Waals surface area contributed by atoms with Gasteiger partial charge in [0.25, 0.3) is 0 Å². The Hall–Kier alpha value is -1.32. The molecule has 0 fully saturated rings. The van der Waals surface area contributed by atoms with Crippen LogP contribution in [0.2, 0.25) is 0 Å². The highest BCUT2D eigenvalue weighted by Gasteiger charge is 2.36. The molecule has 0 aliphatic carbocycles. The molecule has 0 saturated heterocycles.